The number of nitrogens with one attached hydrogen (secondary N) is 1. The molecule has 1 atom stereocenters. The number of aliphatic hydroxyl groups excluding tert-OH is 1. The highest BCUT2D eigenvalue weighted by atomic mass is 32.2. The maximum absolute atomic E-state index is 10.4. The van der Waals surface area contributed by atoms with Gasteiger partial charge in [-0.05, 0) is 24.3 Å². The Kier molecular flexibility index (Phi) is 3.83. The van der Waals surface area contributed by atoms with E-state index in [2.05, 4.69) is 10.3 Å². The van der Waals surface area contributed by atoms with E-state index in [1.54, 1.807) is 11.8 Å². The molecule has 1 saturated heterocycles. The van der Waals surface area contributed by atoms with Crippen molar-refractivity contribution in [2.24, 2.45) is 0 Å². The van der Waals surface area contributed by atoms with Crippen molar-refractivity contribution in [2.45, 2.75) is 18.6 Å². The standard InChI is InChI=1S/C15H18N2O2S/c18-8-12-7-11-3-1-2-4-13(11)17-14(12)16-9-15(19)5-6-20-10-15/h1-4,7,18-19H,5-6,8-10H2,(H,16,17). The molecule has 4 nitrogen and oxygen atoms in total. The van der Waals surface area contributed by atoms with Crippen molar-refractivity contribution in [1.29, 1.82) is 0 Å². The van der Waals surface area contributed by atoms with Crippen LogP contribution >= 0.6 is 11.8 Å². The molecule has 20 heavy (non-hydrogen) atoms. The minimum atomic E-state index is -0.662. The molecule has 3 N–H and O–H groups in total. The fraction of sp³-hybridized carbons (Fsp3) is 0.400. The molecule has 1 fully saturated rings. The first-order chi connectivity index (χ1) is 9.70. The Bertz CT molecular complexity index is 612. The third kappa shape index (κ3) is 2.75. The molecule has 0 bridgehead atoms. The van der Waals surface area contributed by atoms with E-state index in [9.17, 15) is 10.2 Å². The Hall–Kier alpha value is -1.30. The van der Waals surface area contributed by atoms with Crippen LogP contribution in [0.2, 0.25) is 0 Å². The molecule has 1 aliphatic rings. The molecular formula is C15H18N2O2S. The zero-order valence-corrected chi connectivity index (χ0v) is 12.0. The van der Waals surface area contributed by atoms with E-state index in [0.29, 0.717) is 12.4 Å². The van der Waals surface area contributed by atoms with Crippen LogP contribution < -0.4 is 5.32 Å². The largest absolute Gasteiger partial charge is 0.392 e. The minimum Gasteiger partial charge on any atom is -0.392 e. The lowest BCUT2D eigenvalue weighted by Crippen LogP contribution is -2.37. The fourth-order valence-electron chi connectivity index (χ4n) is 2.42. The molecule has 1 aliphatic heterocycles. The molecular weight excluding hydrogens is 272 g/mol. The lowest BCUT2D eigenvalue weighted by molar-refractivity contribution is 0.0819. The molecule has 1 aromatic carbocycles. The molecule has 0 saturated carbocycles. The number of rotatable bonds is 4. The number of pyridine rings is 1. The normalized spacial score (nSPS) is 22.3. The van der Waals surface area contributed by atoms with Crippen LogP contribution in [0, 0.1) is 0 Å². The Morgan fingerprint density at radius 1 is 1.35 bits per heavy atom. The second-order valence-corrected chi connectivity index (χ2v) is 6.33. The summed E-state index contributed by atoms with van der Waals surface area (Å²) in [5.74, 6) is 2.41. The summed E-state index contributed by atoms with van der Waals surface area (Å²) in [4.78, 5) is 4.55. The van der Waals surface area contributed by atoms with Gasteiger partial charge in [0.15, 0.2) is 0 Å². The van der Waals surface area contributed by atoms with Crippen molar-refractivity contribution >= 4 is 28.5 Å². The molecule has 1 unspecified atom stereocenters. The van der Waals surface area contributed by atoms with Crippen LogP contribution in [-0.4, -0.2) is 38.8 Å². The summed E-state index contributed by atoms with van der Waals surface area (Å²) in [5.41, 5.74) is 0.989. The molecule has 3 rings (SSSR count). The van der Waals surface area contributed by atoms with Crippen molar-refractivity contribution in [3.05, 3.63) is 35.9 Å². The number of nitrogens with zero attached hydrogens (tertiary/aromatic N) is 1. The highest BCUT2D eigenvalue weighted by molar-refractivity contribution is 7.99. The van der Waals surface area contributed by atoms with Gasteiger partial charge in [-0.25, -0.2) is 4.98 Å². The molecule has 0 spiro atoms. The van der Waals surface area contributed by atoms with E-state index in [-0.39, 0.29) is 6.61 Å². The summed E-state index contributed by atoms with van der Waals surface area (Å²) >= 11 is 1.77. The van der Waals surface area contributed by atoms with E-state index in [0.717, 1.165) is 34.4 Å². The minimum absolute atomic E-state index is 0.0622. The smallest absolute Gasteiger partial charge is 0.132 e. The molecule has 1 aromatic heterocycles. The molecule has 5 heteroatoms. The number of aliphatic hydroxyl groups is 2. The van der Waals surface area contributed by atoms with Crippen LogP contribution in [0.15, 0.2) is 30.3 Å². The number of aromatic nitrogens is 1. The van der Waals surface area contributed by atoms with Crippen molar-refractivity contribution < 1.29 is 10.2 Å². The van der Waals surface area contributed by atoms with Gasteiger partial charge in [-0.15, -0.1) is 0 Å². The second kappa shape index (κ2) is 5.60. The van der Waals surface area contributed by atoms with Crippen LogP contribution in [0.25, 0.3) is 10.9 Å². The third-order valence-corrected chi connectivity index (χ3v) is 4.87. The summed E-state index contributed by atoms with van der Waals surface area (Å²) in [5, 5.41) is 24.1. The van der Waals surface area contributed by atoms with Crippen molar-refractivity contribution in [1.82, 2.24) is 4.98 Å². The average molecular weight is 290 g/mol. The van der Waals surface area contributed by atoms with Crippen LogP contribution in [0.5, 0.6) is 0 Å². The van der Waals surface area contributed by atoms with Crippen molar-refractivity contribution in [3.63, 3.8) is 0 Å². The van der Waals surface area contributed by atoms with Gasteiger partial charge in [0.2, 0.25) is 0 Å². The fourth-order valence-corrected chi connectivity index (χ4v) is 3.71. The first-order valence-electron chi connectivity index (χ1n) is 6.74. The predicted molar refractivity (Wildman–Crippen MR) is 83.0 cm³/mol. The average Bonchev–Trinajstić information content (AvgIpc) is 2.91. The number of benzene rings is 1. The zero-order chi connectivity index (χ0) is 14.0. The summed E-state index contributed by atoms with van der Waals surface area (Å²) in [6, 6.07) is 9.77. The van der Waals surface area contributed by atoms with Gasteiger partial charge in [0, 0.05) is 23.2 Å². The molecule has 0 radical (unpaired) electrons. The molecule has 2 aromatic rings. The molecule has 0 amide bonds. The monoisotopic (exact) mass is 290 g/mol. The van der Waals surface area contributed by atoms with E-state index in [1.165, 1.54) is 0 Å². The first-order valence-corrected chi connectivity index (χ1v) is 7.89. The van der Waals surface area contributed by atoms with Gasteiger partial charge >= 0.3 is 0 Å². The van der Waals surface area contributed by atoms with Gasteiger partial charge in [-0.3, -0.25) is 0 Å². The number of hydrogen-bond acceptors (Lipinski definition) is 5. The first kappa shape index (κ1) is 13.7. The SMILES string of the molecule is OCc1cc2ccccc2nc1NCC1(O)CCSC1. The number of anilines is 1. The Labute approximate surface area is 122 Å². The summed E-state index contributed by atoms with van der Waals surface area (Å²) in [6.07, 6.45) is 0.798. The number of hydrogen-bond donors (Lipinski definition) is 3. The molecule has 2 heterocycles. The summed E-state index contributed by atoms with van der Waals surface area (Å²) < 4.78 is 0. The maximum Gasteiger partial charge on any atom is 0.132 e. The Morgan fingerprint density at radius 2 is 2.20 bits per heavy atom. The Morgan fingerprint density at radius 3 is 2.95 bits per heavy atom. The Balaban J connectivity index is 1.85. The molecule has 106 valence electrons. The van der Waals surface area contributed by atoms with Gasteiger partial charge in [-0.1, -0.05) is 18.2 Å². The van der Waals surface area contributed by atoms with Gasteiger partial charge in [-0.2, -0.15) is 11.8 Å². The van der Waals surface area contributed by atoms with Crippen LogP contribution in [0.3, 0.4) is 0 Å². The lowest BCUT2D eigenvalue weighted by Gasteiger charge is -2.22. The molecule has 0 aliphatic carbocycles. The van der Waals surface area contributed by atoms with Gasteiger partial charge in [0.05, 0.1) is 17.7 Å². The zero-order valence-electron chi connectivity index (χ0n) is 11.2. The topological polar surface area (TPSA) is 65.4 Å². The highest BCUT2D eigenvalue weighted by Crippen LogP contribution is 2.28. The van der Waals surface area contributed by atoms with E-state index in [4.69, 9.17) is 0 Å². The summed E-state index contributed by atoms with van der Waals surface area (Å²) in [7, 11) is 0. The van der Waals surface area contributed by atoms with E-state index in [1.807, 2.05) is 30.3 Å². The predicted octanol–water partition coefficient (Wildman–Crippen LogP) is 2.01. The lowest BCUT2D eigenvalue weighted by atomic mass is 10.0. The maximum atomic E-state index is 10.4. The number of thioether (sulfide) groups is 1. The van der Waals surface area contributed by atoms with Crippen LogP contribution in [0.1, 0.15) is 12.0 Å². The third-order valence-electron chi connectivity index (χ3n) is 3.64. The van der Waals surface area contributed by atoms with Crippen molar-refractivity contribution in [3.8, 4) is 0 Å². The quantitative estimate of drug-likeness (QED) is 0.804. The van der Waals surface area contributed by atoms with E-state index < -0.39 is 5.60 Å². The van der Waals surface area contributed by atoms with Gasteiger partial charge < -0.3 is 15.5 Å². The van der Waals surface area contributed by atoms with Crippen molar-refractivity contribution in [2.75, 3.05) is 23.4 Å². The highest BCUT2D eigenvalue weighted by Gasteiger charge is 2.31. The second-order valence-electron chi connectivity index (χ2n) is 5.23. The summed E-state index contributed by atoms with van der Waals surface area (Å²) in [6.45, 7) is 0.408. The van der Waals surface area contributed by atoms with Crippen LogP contribution in [-0.2, 0) is 6.61 Å². The number of fused-ring (bicyclic) bond motifs is 1. The van der Waals surface area contributed by atoms with E-state index >= 15 is 0 Å². The van der Waals surface area contributed by atoms with Crippen LogP contribution in [0.4, 0.5) is 5.82 Å². The van der Waals surface area contributed by atoms with Gasteiger partial charge in [0.1, 0.15) is 5.82 Å². The van der Waals surface area contributed by atoms with Gasteiger partial charge in [0.25, 0.3) is 0 Å². The number of para-hydroxylation sites is 1.